The molecule has 0 aromatic heterocycles. The molecule has 1 amide bonds. The summed E-state index contributed by atoms with van der Waals surface area (Å²) >= 11 is 0.976. The zero-order valence-electron chi connectivity index (χ0n) is 14.9. The minimum atomic E-state index is -3.59. The summed E-state index contributed by atoms with van der Waals surface area (Å²) in [5.41, 5.74) is 1.58. The molecular weight excluding hydrogens is 381 g/mol. The van der Waals surface area contributed by atoms with Gasteiger partial charge in [-0.15, -0.1) is 0 Å². The number of nitrogens with one attached hydrogen (secondary N) is 1. The fourth-order valence-corrected chi connectivity index (χ4v) is 5.52. The van der Waals surface area contributed by atoms with Gasteiger partial charge in [0.15, 0.2) is 0 Å². The van der Waals surface area contributed by atoms with Gasteiger partial charge in [0.2, 0.25) is 5.91 Å². The Balaban J connectivity index is 2.72. The number of rotatable bonds is 13. The van der Waals surface area contributed by atoms with Crippen LogP contribution in [0, 0.1) is 0 Å². The van der Waals surface area contributed by atoms with Gasteiger partial charge in [-0.3, -0.25) is 13.8 Å². The number of ether oxygens (including phenoxy) is 1. The van der Waals surface area contributed by atoms with E-state index in [-0.39, 0.29) is 32.3 Å². The van der Waals surface area contributed by atoms with Gasteiger partial charge < -0.3 is 20.3 Å². The quantitative estimate of drug-likeness (QED) is 0.426. The van der Waals surface area contributed by atoms with E-state index in [4.69, 9.17) is 18.9 Å². The number of carbonyl (C=O) groups excluding carboxylic acids is 1. The third-order valence-electron chi connectivity index (χ3n) is 3.12. The second kappa shape index (κ2) is 12.5. The number of aryl methyl sites for hydroxylation is 1. The summed E-state index contributed by atoms with van der Waals surface area (Å²) in [7, 11) is 1.44. The minimum Gasteiger partial charge on any atom is -0.394 e. The van der Waals surface area contributed by atoms with Crippen LogP contribution < -0.4 is 5.32 Å². The number of aliphatic hydroxyl groups excluding tert-OH is 2. The molecule has 148 valence electrons. The van der Waals surface area contributed by atoms with Gasteiger partial charge >= 0.3 is 6.80 Å². The second-order valence-corrected chi connectivity index (χ2v) is 9.44. The first-order chi connectivity index (χ1) is 12.4. The maximum absolute atomic E-state index is 12.8. The first-order valence-corrected chi connectivity index (χ1v) is 11.2. The highest BCUT2D eigenvalue weighted by Gasteiger charge is 2.29. The first kappa shape index (κ1) is 23.1. The molecule has 1 rings (SSSR count). The average molecular weight is 407 g/mol. The molecule has 0 aliphatic carbocycles. The van der Waals surface area contributed by atoms with Crippen LogP contribution in [-0.2, 0) is 29.6 Å². The molecule has 0 spiro atoms. The number of amides is 1. The molecule has 0 radical (unpaired) electrons. The fraction of sp³-hybridized carbons (Fsp3) is 0.562. The molecule has 26 heavy (non-hydrogen) atoms. The summed E-state index contributed by atoms with van der Waals surface area (Å²) in [6.07, 6.45) is -0.269. The molecule has 1 aromatic carbocycles. The smallest absolute Gasteiger partial charge is 0.389 e. The zero-order chi connectivity index (χ0) is 19.4. The van der Waals surface area contributed by atoms with Crippen molar-refractivity contribution < 1.29 is 33.4 Å². The van der Waals surface area contributed by atoms with Crippen molar-refractivity contribution >= 4 is 29.8 Å². The Bertz CT molecular complexity index is 602. The number of carbonyl (C=O) groups is 1. The Kier molecular flexibility index (Phi) is 11.1. The standard InChI is InChI=1S/C16H26NO7PS/c1-13(20)17-16-6-4-3-5-14(16)7-10-26-25(21,23-9-8-18)24-15(11-19)12-22-2/h3-6,15,18-19H,7-12H2,1-2H3,(H,17,20). The van der Waals surface area contributed by atoms with E-state index in [0.717, 1.165) is 16.9 Å². The lowest BCUT2D eigenvalue weighted by atomic mass is 10.1. The molecule has 1 aromatic rings. The predicted molar refractivity (Wildman–Crippen MR) is 101 cm³/mol. The predicted octanol–water partition coefficient (Wildman–Crippen LogP) is 2.06. The summed E-state index contributed by atoms with van der Waals surface area (Å²) < 4.78 is 28.4. The molecule has 0 saturated carbocycles. The molecule has 8 nitrogen and oxygen atoms in total. The number of para-hydroxylation sites is 1. The normalized spacial score (nSPS) is 14.6. The molecule has 2 unspecified atom stereocenters. The van der Waals surface area contributed by atoms with E-state index in [1.54, 1.807) is 6.07 Å². The molecule has 0 heterocycles. The number of benzene rings is 1. The molecule has 0 aliphatic heterocycles. The molecule has 0 bridgehead atoms. The Hall–Kier alpha value is -0.930. The van der Waals surface area contributed by atoms with Crippen LogP contribution in [0.25, 0.3) is 0 Å². The lowest BCUT2D eigenvalue weighted by molar-refractivity contribution is -0.114. The number of anilines is 1. The summed E-state index contributed by atoms with van der Waals surface area (Å²) in [4.78, 5) is 11.3. The van der Waals surface area contributed by atoms with Crippen LogP contribution in [0.4, 0.5) is 5.69 Å². The van der Waals surface area contributed by atoms with Crippen molar-refractivity contribution in [3.63, 3.8) is 0 Å². The van der Waals surface area contributed by atoms with Crippen molar-refractivity contribution in [2.24, 2.45) is 0 Å². The Morgan fingerprint density at radius 3 is 2.69 bits per heavy atom. The van der Waals surface area contributed by atoms with Crippen LogP contribution in [-0.4, -0.2) is 61.5 Å². The van der Waals surface area contributed by atoms with Crippen molar-refractivity contribution in [3.8, 4) is 0 Å². The van der Waals surface area contributed by atoms with E-state index in [9.17, 15) is 14.5 Å². The molecule has 0 saturated heterocycles. The Labute approximate surface area is 157 Å². The van der Waals surface area contributed by atoms with Crippen LogP contribution in [0.3, 0.4) is 0 Å². The first-order valence-electron chi connectivity index (χ1n) is 8.07. The lowest BCUT2D eigenvalue weighted by Crippen LogP contribution is -2.22. The van der Waals surface area contributed by atoms with Crippen LogP contribution >= 0.6 is 18.2 Å². The Morgan fingerprint density at radius 1 is 1.35 bits per heavy atom. The average Bonchev–Trinajstić information content (AvgIpc) is 2.61. The van der Waals surface area contributed by atoms with E-state index in [2.05, 4.69) is 5.32 Å². The molecule has 10 heteroatoms. The van der Waals surface area contributed by atoms with Crippen LogP contribution in [0.15, 0.2) is 24.3 Å². The summed E-state index contributed by atoms with van der Waals surface area (Å²) in [6.45, 7) is -2.90. The van der Waals surface area contributed by atoms with E-state index < -0.39 is 12.9 Å². The van der Waals surface area contributed by atoms with Gasteiger partial charge in [0, 0.05) is 25.5 Å². The van der Waals surface area contributed by atoms with E-state index in [1.165, 1.54) is 14.0 Å². The van der Waals surface area contributed by atoms with E-state index in [1.807, 2.05) is 18.2 Å². The van der Waals surface area contributed by atoms with Crippen LogP contribution in [0.1, 0.15) is 12.5 Å². The zero-order valence-corrected chi connectivity index (χ0v) is 16.6. The maximum Gasteiger partial charge on any atom is 0.389 e. The van der Waals surface area contributed by atoms with E-state index in [0.29, 0.717) is 17.9 Å². The van der Waals surface area contributed by atoms with Gasteiger partial charge in [0.05, 0.1) is 26.4 Å². The van der Waals surface area contributed by atoms with Crippen molar-refractivity contribution in [3.05, 3.63) is 29.8 Å². The molecule has 3 N–H and O–H groups in total. The minimum absolute atomic E-state index is 0.0644. The number of methoxy groups -OCH3 is 1. The number of hydrogen-bond acceptors (Lipinski definition) is 8. The third kappa shape index (κ3) is 8.64. The summed E-state index contributed by atoms with van der Waals surface area (Å²) in [5.74, 6) is 0.223. The number of hydrogen-bond donors (Lipinski definition) is 3. The molecule has 0 fully saturated rings. The van der Waals surface area contributed by atoms with Gasteiger partial charge in [-0.2, -0.15) is 0 Å². The highest BCUT2D eigenvalue weighted by molar-refractivity contribution is 8.55. The number of aliphatic hydroxyl groups is 2. The summed E-state index contributed by atoms with van der Waals surface area (Å²) in [5, 5.41) is 21.0. The van der Waals surface area contributed by atoms with Gasteiger partial charge in [-0.1, -0.05) is 18.2 Å². The lowest BCUT2D eigenvalue weighted by Gasteiger charge is -2.22. The topological polar surface area (TPSA) is 114 Å². The second-order valence-electron chi connectivity index (χ2n) is 5.29. The van der Waals surface area contributed by atoms with Crippen molar-refractivity contribution in [1.29, 1.82) is 0 Å². The van der Waals surface area contributed by atoms with E-state index >= 15 is 0 Å². The maximum atomic E-state index is 12.8. The summed E-state index contributed by atoms with van der Waals surface area (Å²) in [6, 6.07) is 7.33. The van der Waals surface area contributed by atoms with Crippen molar-refractivity contribution in [2.75, 3.05) is 44.6 Å². The Morgan fingerprint density at radius 2 is 2.08 bits per heavy atom. The van der Waals surface area contributed by atoms with Gasteiger partial charge in [-0.05, 0) is 29.4 Å². The van der Waals surface area contributed by atoms with Gasteiger partial charge in [0.25, 0.3) is 0 Å². The molecular formula is C16H26NO7PS. The molecule has 0 aliphatic rings. The highest BCUT2D eigenvalue weighted by Crippen LogP contribution is 2.61. The van der Waals surface area contributed by atoms with Gasteiger partial charge in [0.1, 0.15) is 6.10 Å². The molecule has 2 atom stereocenters. The fourth-order valence-electron chi connectivity index (χ4n) is 2.05. The van der Waals surface area contributed by atoms with Crippen molar-refractivity contribution in [2.45, 2.75) is 19.4 Å². The third-order valence-corrected chi connectivity index (χ3v) is 6.95. The largest absolute Gasteiger partial charge is 0.394 e. The van der Waals surface area contributed by atoms with Crippen LogP contribution in [0.2, 0.25) is 0 Å². The SMILES string of the molecule is COCC(CO)OP(=O)(OCCO)SCCc1ccccc1NC(C)=O. The van der Waals surface area contributed by atoms with Crippen molar-refractivity contribution in [1.82, 2.24) is 0 Å². The van der Waals surface area contributed by atoms with Gasteiger partial charge in [-0.25, -0.2) is 4.57 Å². The van der Waals surface area contributed by atoms with Crippen LogP contribution in [0.5, 0.6) is 0 Å². The highest BCUT2D eigenvalue weighted by atomic mass is 32.7. The monoisotopic (exact) mass is 407 g/mol.